The van der Waals surface area contributed by atoms with Gasteiger partial charge in [0.2, 0.25) is 0 Å². The van der Waals surface area contributed by atoms with E-state index in [9.17, 15) is 26.3 Å². The molecule has 0 aliphatic heterocycles. The Kier molecular flexibility index (Phi) is 1.62. The average molecular weight is 214 g/mol. The van der Waals surface area contributed by atoms with Crippen molar-refractivity contribution >= 4 is 0 Å². The molecule has 0 amide bonds. The maximum Gasteiger partial charge on any atom is 0.378 e. The van der Waals surface area contributed by atoms with Crippen molar-refractivity contribution in [2.24, 2.45) is 5.41 Å². The van der Waals surface area contributed by atoms with Gasteiger partial charge in [0.15, 0.2) is 0 Å². The van der Waals surface area contributed by atoms with Gasteiger partial charge in [-0.3, -0.25) is 0 Å². The second-order valence-corrected chi connectivity index (χ2v) is 2.70. The van der Waals surface area contributed by atoms with Gasteiger partial charge in [-0.2, -0.15) is 36.9 Å². The normalized spacial score (nSPS) is 29.4. The Bertz CT molecular complexity index is 325. The van der Waals surface area contributed by atoms with E-state index in [0.29, 0.717) is 0 Å². The Labute approximate surface area is 73.3 Å². The molecule has 1 aliphatic rings. The molecule has 1 fully saturated rings. The first-order chi connectivity index (χ1) is 6.12. The van der Waals surface area contributed by atoms with Crippen molar-refractivity contribution in [3.63, 3.8) is 0 Å². The summed E-state index contributed by atoms with van der Waals surface area (Å²) in [7, 11) is 0. The molecule has 0 heterocycles. The molecule has 0 atom stereocenters. The Morgan fingerprint density at radius 2 is 0.929 bits per heavy atom. The summed E-state index contributed by atoms with van der Waals surface area (Å²) in [5, 5.41) is 15.9. The second-order valence-electron chi connectivity index (χ2n) is 2.70. The zero-order valence-corrected chi connectivity index (χ0v) is 6.16. The maximum atomic E-state index is 12.5. The minimum Gasteiger partial charge on any atom is -0.196 e. The van der Waals surface area contributed by atoms with Gasteiger partial charge in [0.05, 0.1) is 12.1 Å². The van der Waals surface area contributed by atoms with Gasteiger partial charge in [0.25, 0.3) is 5.41 Å². The summed E-state index contributed by atoms with van der Waals surface area (Å²) in [6.45, 7) is 0. The van der Waals surface area contributed by atoms with Gasteiger partial charge in [0.1, 0.15) is 0 Å². The third-order valence-corrected chi connectivity index (χ3v) is 2.07. The minimum atomic E-state index is -5.66. The van der Waals surface area contributed by atoms with Crippen LogP contribution in [0.1, 0.15) is 0 Å². The highest BCUT2D eigenvalue weighted by Gasteiger charge is 3.00. The summed E-state index contributed by atoms with van der Waals surface area (Å²) >= 11 is 0. The molecule has 0 unspecified atom stereocenters. The van der Waals surface area contributed by atoms with Crippen LogP contribution in [-0.4, -0.2) is 17.8 Å². The number of alkyl halides is 6. The van der Waals surface area contributed by atoms with Crippen molar-refractivity contribution in [1.82, 2.24) is 0 Å². The van der Waals surface area contributed by atoms with Crippen LogP contribution in [0.3, 0.4) is 0 Å². The number of hydrogen-bond donors (Lipinski definition) is 0. The standard InChI is InChI=1S/C6F6N2/c7-4(8)3(1-13,2-14)5(9,10)6(4,11)12. The lowest BCUT2D eigenvalue weighted by molar-refractivity contribution is -0.445. The second kappa shape index (κ2) is 2.14. The Hall–Kier alpha value is -1.44. The van der Waals surface area contributed by atoms with Crippen molar-refractivity contribution in [3.8, 4) is 12.1 Å². The fourth-order valence-corrected chi connectivity index (χ4v) is 1.11. The fourth-order valence-electron chi connectivity index (χ4n) is 1.11. The molecular formula is C6F6N2. The first-order valence-corrected chi connectivity index (χ1v) is 3.08. The highest BCUT2D eigenvalue weighted by Crippen LogP contribution is 2.71. The Morgan fingerprint density at radius 1 is 0.643 bits per heavy atom. The van der Waals surface area contributed by atoms with E-state index in [1.807, 2.05) is 0 Å². The quantitative estimate of drug-likeness (QED) is 0.578. The van der Waals surface area contributed by atoms with Gasteiger partial charge in [-0.05, 0) is 0 Å². The zero-order valence-electron chi connectivity index (χ0n) is 6.16. The predicted octanol–water partition coefficient (Wildman–Crippen LogP) is 1.94. The van der Waals surface area contributed by atoms with Gasteiger partial charge in [0, 0.05) is 0 Å². The SMILES string of the molecule is N#CC1(C#N)C(F)(F)C(F)(F)C1(F)F. The van der Waals surface area contributed by atoms with Crippen molar-refractivity contribution in [2.45, 2.75) is 17.8 Å². The highest BCUT2D eigenvalue weighted by atomic mass is 19.4. The first kappa shape index (κ1) is 10.6. The molecule has 8 heteroatoms. The molecule has 0 saturated heterocycles. The summed E-state index contributed by atoms with van der Waals surface area (Å²) in [6.07, 6.45) is 0. The Morgan fingerprint density at radius 3 is 1.07 bits per heavy atom. The van der Waals surface area contributed by atoms with E-state index in [-0.39, 0.29) is 12.1 Å². The van der Waals surface area contributed by atoms with Gasteiger partial charge in [-0.15, -0.1) is 0 Å². The molecule has 0 radical (unpaired) electrons. The average Bonchev–Trinajstić information content (AvgIpc) is 2.05. The number of hydrogen-bond acceptors (Lipinski definition) is 2. The van der Waals surface area contributed by atoms with E-state index in [0.717, 1.165) is 0 Å². The number of nitrogens with zero attached hydrogens (tertiary/aromatic N) is 2. The number of halogens is 6. The minimum absolute atomic E-state index is 0.260. The molecule has 1 rings (SSSR count). The molecule has 0 aromatic heterocycles. The van der Waals surface area contributed by atoms with Crippen LogP contribution in [0.4, 0.5) is 26.3 Å². The van der Waals surface area contributed by atoms with E-state index in [4.69, 9.17) is 10.5 Å². The van der Waals surface area contributed by atoms with Crippen molar-refractivity contribution < 1.29 is 26.3 Å². The van der Waals surface area contributed by atoms with Crippen molar-refractivity contribution in [1.29, 1.82) is 10.5 Å². The lowest BCUT2D eigenvalue weighted by Crippen LogP contribution is -2.80. The highest BCUT2D eigenvalue weighted by molar-refractivity contribution is 5.40. The van der Waals surface area contributed by atoms with Gasteiger partial charge in [-0.1, -0.05) is 0 Å². The summed E-state index contributed by atoms with van der Waals surface area (Å²) in [4.78, 5) is 0. The smallest absolute Gasteiger partial charge is 0.196 e. The third-order valence-electron chi connectivity index (χ3n) is 2.07. The van der Waals surface area contributed by atoms with Crippen LogP contribution < -0.4 is 0 Å². The summed E-state index contributed by atoms with van der Waals surface area (Å²) in [5.74, 6) is -16.3. The number of rotatable bonds is 0. The fraction of sp³-hybridized carbons (Fsp3) is 0.667. The molecule has 76 valence electrons. The molecule has 2 nitrogen and oxygen atoms in total. The van der Waals surface area contributed by atoms with E-state index in [2.05, 4.69) is 0 Å². The largest absolute Gasteiger partial charge is 0.378 e. The van der Waals surface area contributed by atoms with Crippen LogP contribution in [0, 0.1) is 28.1 Å². The topological polar surface area (TPSA) is 47.6 Å². The molecular weight excluding hydrogens is 214 g/mol. The van der Waals surface area contributed by atoms with E-state index < -0.39 is 23.2 Å². The van der Waals surface area contributed by atoms with Crippen molar-refractivity contribution in [2.75, 3.05) is 0 Å². The number of nitriles is 2. The zero-order chi connectivity index (χ0) is 11.4. The van der Waals surface area contributed by atoms with Crippen LogP contribution in [-0.2, 0) is 0 Å². The molecule has 0 N–H and O–H groups in total. The van der Waals surface area contributed by atoms with E-state index >= 15 is 0 Å². The molecule has 0 spiro atoms. The van der Waals surface area contributed by atoms with Crippen LogP contribution in [0.25, 0.3) is 0 Å². The van der Waals surface area contributed by atoms with Gasteiger partial charge < -0.3 is 0 Å². The lowest BCUT2D eigenvalue weighted by atomic mass is 9.60. The summed E-state index contributed by atoms with van der Waals surface area (Å²) < 4.78 is 74.1. The van der Waals surface area contributed by atoms with Crippen molar-refractivity contribution in [3.05, 3.63) is 0 Å². The van der Waals surface area contributed by atoms with Crippen LogP contribution in [0.2, 0.25) is 0 Å². The summed E-state index contributed by atoms with van der Waals surface area (Å²) in [5.41, 5.74) is -4.27. The summed E-state index contributed by atoms with van der Waals surface area (Å²) in [6, 6.07) is 0.519. The monoisotopic (exact) mass is 214 g/mol. The lowest BCUT2D eigenvalue weighted by Gasteiger charge is -2.51. The molecule has 14 heavy (non-hydrogen) atoms. The molecule has 0 aromatic carbocycles. The van der Waals surface area contributed by atoms with Gasteiger partial charge >= 0.3 is 17.8 Å². The molecule has 0 bridgehead atoms. The van der Waals surface area contributed by atoms with E-state index in [1.54, 1.807) is 0 Å². The van der Waals surface area contributed by atoms with Crippen LogP contribution >= 0.6 is 0 Å². The maximum absolute atomic E-state index is 12.5. The molecule has 0 aromatic rings. The Balaban J connectivity index is 3.42. The van der Waals surface area contributed by atoms with Crippen LogP contribution in [0.15, 0.2) is 0 Å². The molecule has 1 aliphatic carbocycles. The van der Waals surface area contributed by atoms with Gasteiger partial charge in [-0.25, -0.2) is 0 Å². The van der Waals surface area contributed by atoms with E-state index in [1.165, 1.54) is 0 Å². The first-order valence-electron chi connectivity index (χ1n) is 3.08. The third kappa shape index (κ3) is 0.587. The van der Waals surface area contributed by atoms with Crippen LogP contribution in [0.5, 0.6) is 0 Å². The predicted molar refractivity (Wildman–Crippen MR) is 28.5 cm³/mol. The molecule has 1 saturated carbocycles.